The Labute approximate surface area is 259 Å². The van der Waals surface area contributed by atoms with Crippen molar-refractivity contribution < 1.29 is 68.4 Å². The van der Waals surface area contributed by atoms with Gasteiger partial charge in [0.15, 0.2) is 22.3 Å². The van der Waals surface area contributed by atoms with Crippen molar-refractivity contribution >= 4 is 63.7 Å². The standard InChI is InChI=1S/C25H22N6O14S/c1-24(2,21(39)40)45-29-15(11-7-46-23(26)28-11)16(34)27-10-6-43-31(19(10)37)25(22(41)42)5-12(20(38)44-25)30-17(35)8-3-13(32)14(33)4-9(8)18(30)36/h3-4,7,10,12,32-33H,5-6H2,1-2H3,(H2,26,28)(H,27,34)(H,39,40)(H,41,42)/b29-15+/t10-,12-,25?/m0/s1. The van der Waals surface area contributed by atoms with E-state index in [4.69, 9.17) is 20.1 Å². The Morgan fingerprint density at radius 1 is 1.13 bits per heavy atom. The molecule has 242 valence electrons. The number of nitrogen functional groups attached to an aromatic ring is 1. The molecule has 3 aliphatic heterocycles. The number of nitrogens with two attached hydrogens (primary N) is 1. The number of phenols is 2. The minimum Gasteiger partial charge on any atom is -0.504 e. The molecule has 1 unspecified atom stereocenters. The third-order valence-electron chi connectivity index (χ3n) is 7.03. The van der Waals surface area contributed by atoms with E-state index >= 15 is 0 Å². The molecular weight excluding hydrogens is 640 g/mol. The number of rotatable bonds is 9. The third kappa shape index (κ3) is 5.05. The number of hydrogen-bond donors (Lipinski definition) is 6. The molecule has 0 saturated carbocycles. The molecule has 0 spiro atoms. The molecule has 1 aromatic carbocycles. The lowest BCUT2D eigenvalue weighted by Crippen LogP contribution is -2.57. The van der Waals surface area contributed by atoms with Crippen LogP contribution in [-0.2, 0) is 38.4 Å². The molecule has 46 heavy (non-hydrogen) atoms. The number of oxime groups is 1. The predicted molar refractivity (Wildman–Crippen MR) is 146 cm³/mol. The first-order valence-electron chi connectivity index (χ1n) is 12.9. The maximum Gasteiger partial charge on any atom is 0.372 e. The Kier molecular flexibility index (Phi) is 7.52. The minimum absolute atomic E-state index is 0.00659. The van der Waals surface area contributed by atoms with E-state index in [-0.39, 0.29) is 27.0 Å². The average molecular weight is 663 g/mol. The fraction of sp³-hybridized carbons (Fsp3) is 0.320. The van der Waals surface area contributed by atoms with E-state index in [9.17, 15) is 54.0 Å². The summed E-state index contributed by atoms with van der Waals surface area (Å²) < 4.78 is 5.07. The Morgan fingerprint density at radius 2 is 1.74 bits per heavy atom. The molecule has 20 nitrogen and oxygen atoms in total. The number of ether oxygens (including phenoxy) is 1. The number of aliphatic carboxylic acids is 2. The van der Waals surface area contributed by atoms with Crippen LogP contribution >= 0.6 is 11.3 Å². The van der Waals surface area contributed by atoms with E-state index in [1.165, 1.54) is 5.38 Å². The number of carboxylic acid groups (broad SMARTS) is 2. The molecule has 3 atom stereocenters. The number of imide groups is 1. The first-order valence-corrected chi connectivity index (χ1v) is 13.8. The van der Waals surface area contributed by atoms with Crippen molar-refractivity contribution in [2.24, 2.45) is 5.16 Å². The number of anilines is 1. The number of fused-ring (bicyclic) bond motifs is 1. The lowest BCUT2D eigenvalue weighted by molar-refractivity contribution is -0.256. The number of carbonyl (C=O) groups excluding carboxylic acids is 5. The van der Waals surface area contributed by atoms with Crippen LogP contribution in [0.2, 0.25) is 0 Å². The van der Waals surface area contributed by atoms with Gasteiger partial charge in [0.2, 0.25) is 5.60 Å². The number of carbonyl (C=O) groups is 7. The van der Waals surface area contributed by atoms with E-state index in [2.05, 4.69) is 15.5 Å². The number of benzene rings is 1. The van der Waals surface area contributed by atoms with Gasteiger partial charge in [0.1, 0.15) is 24.4 Å². The number of nitrogens with one attached hydrogen (secondary N) is 1. The fourth-order valence-corrected chi connectivity index (χ4v) is 5.11. The van der Waals surface area contributed by atoms with Crippen LogP contribution in [0, 0.1) is 0 Å². The van der Waals surface area contributed by atoms with Crippen molar-refractivity contribution in [3.8, 4) is 11.5 Å². The van der Waals surface area contributed by atoms with Gasteiger partial charge in [-0.05, 0) is 26.0 Å². The molecule has 7 N–H and O–H groups in total. The van der Waals surface area contributed by atoms with Crippen LogP contribution in [0.25, 0.3) is 0 Å². The average Bonchev–Trinajstić information content (AvgIpc) is 3.71. The highest BCUT2D eigenvalue weighted by Gasteiger charge is 2.65. The first-order chi connectivity index (χ1) is 21.5. The van der Waals surface area contributed by atoms with Crippen molar-refractivity contribution in [2.75, 3.05) is 12.3 Å². The summed E-state index contributed by atoms with van der Waals surface area (Å²) in [6, 6.07) is -1.93. The Bertz CT molecular complexity index is 1730. The van der Waals surface area contributed by atoms with Gasteiger partial charge in [-0.3, -0.25) is 28.9 Å². The maximum absolute atomic E-state index is 13.4. The second-order valence-corrected chi connectivity index (χ2v) is 11.4. The molecule has 2 saturated heterocycles. The SMILES string of the molecule is CC(C)(O/N=C(/C(=O)N[C@H]1CON(C2(C(=O)O)C[C@H](N3C(=O)c4cc(O)c(O)cc4C3=O)C(=O)O2)C1=O)c1csc(N)n1)C(=O)O. The van der Waals surface area contributed by atoms with Gasteiger partial charge in [-0.15, -0.1) is 11.3 Å². The van der Waals surface area contributed by atoms with Crippen molar-refractivity contribution in [1.29, 1.82) is 0 Å². The van der Waals surface area contributed by atoms with Crippen LogP contribution in [-0.4, -0.2) is 113 Å². The Morgan fingerprint density at radius 3 is 2.26 bits per heavy atom. The van der Waals surface area contributed by atoms with Gasteiger partial charge in [-0.25, -0.2) is 19.4 Å². The van der Waals surface area contributed by atoms with E-state index in [0.29, 0.717) is 4.90 Å². The zero-order chi connectivity index (χ0) is 33.9. The summed E-state index contributed by atoms with van der Waals surface area (Å²) >= 11 is 0.905. The summed E-state index contributed by atoms with van der Waals surface area (Å²) in [7, 11) is 0. The molecule has 4 heterocycles. The molecule has 1 aromatic heterocycles. The number of aromatic hydroxyl groups is 2. The highest BCUT2D eigenvalue weighted by atomic mass is 32.1. The molecule has 0 radical (unpaired) electrons. The maximum atomic E-state index is 13.4. The predicted octanol–water partition coefficient (Wildman–Crippen LogP) is -1.63. The fourth-order valence-electron chi connectivity index (χ4n) is 4.56. The van der Waals surface area contributed by atoms with Gasteiger partial charge in [-0.1, -0.05) is 5.16 Å². The summed E-state index contributed by atoms with van der Waals surface area (Å²) in [5, 5.41) is 46.2. The number of cyclic esters (lactones) is 1. The second-order valence-electron chi connectivity index (χ2n) is 10.5. The number of phenolic OH excluding ortho intramolecular Hbond substituents is 2. The summed E-state index contributed by atoms with van der Waals surface area (Å²) in [4.78, 5) is 104. The molecule has 2 fully saturated rings. The number of esters is 1. The van der Waals surface area contributed by atoms with Gasteiger partial charge in [0, 0.05) is 5.38 Å². The van der Waals surface area contributed by atoms with E-state index < -0.39 is 95.2 Å². The number of thiazole rings is 1. The lowest BCUT2D eigenvalue weighted by Gasteiger charge is -2.30. The largest absolute Gasteiger partial charge is 0.504 e. The molecule has 2 aromatic rings. The number of hydrogen-bond acceptors (Lipinski definition) is 16. The summed E-state index contributed by atoms with van der Waals surface area (Å²) in [5.74, 6) is -10.8. The summed E-state index contributed by atoms with van der Waals surface area (Å²) in [6.45, 7) is 1.60. The summed E-state index contributed by atoms with van der Waals surface area (Å²) in [6.07, 6.45) is -1.00. The number of hydroxylamine groups is 2. The van der Waals surface area contributed by atoms with Gasteiger partial charge in [0.05, 0.1) is 17.5 Å². The zero-order valence-electron chi connectivity index (χ0n) is 23.4. The number of amides is 4. The van der Waals surface area contributed by atoms with E-state index in [1.807, 2.05) is 0 Å². The highest BCUT2D eigenvalue weighted by molar-refractivity contribution is 7.13. The van der Waals surface area contributed by atoms with Crippen LogP contribution in [0.4, 0.5) is 5.13 Å². The van der Waals surface area contributed by atoms with Crippen LogP contribution < -0.4 is 11.1 Å². The minimum atomic E-state index is -2.91. The van der Waals surface area contributed by atoms with Crippen LogP contribution in [0.5, 0.6) is 11.5 Å². The van der Waals surface area contributed by atoms with Crippen LogP contribution in [0.15, 0.2) is 22.7 Å². The van der Waals surface area contributed by atoms with Crippen molar-refractivity contribution in [2.45, 2.75) is 43.7 Å². The van der Waals surface area contributed by atoms with Crippen LogP contribution in [0.1, 0.15) is 46.7 Å². The Balaban J connectivity index is 1.37. The third-order valence-corrected chi connectivity index (χ3v) is 7.71. The van der Waals surface area contributed by atoms with E-state index in [0.717, 1.165) is 37.3 Å². The molecular formula is C25H22N6O14S. The number of carboxylic acids is 2. The van der Waals surface area contributed by atoms with Crippen LogP contribution in [0.3, 0.4) is 0 Å². The van der Waals surface area contributed by atoms with Crippen molar-refractivity contribution in [3.63, 3.8) is 0 Å². The second kappa shape index (κ2) is 11.0. The van der Waals surface area contributed by atoms with Gasteiger partial charge < -0.3 is 41.1 Å². The molecule has 0 aliphatic carbocycles. The first kappa shape index (κ1) is 31.6. The van der Waals surface area contributed by atoms with Gasteiger partial charge >= 0.3 is 23.6 Å². The highest BCUT2D eigenvalue weighted by Crippen LogP contribution is 2.40. The molecule has 4 amide bonds. The quantitative estimate of drug-likeness (QED) is 0.0577. The van der Waals surface area contributed by atoms with Crippen molar-refractivity contribution in [3.05, 3.63) is 34.3 Å². The smallest absolute Gasteiger partial charge is 0.372 e. The van der Waals surface area contributed by atoms with Crippen molar-refractivity contribution in [1.82, 2.24) is 20.3 Å². The Hall–Kier alpha value is -5.83. The molecule has 21 heteroatoms. The molecule has 0 bridgehead atoms. The normalized spacial score (nSPS) is 23.0. The van der Waals surface area contributed by atoms with Gasteiger partial charge in [-0.2, -0.15) is 5.06 Å². The monoisotopic (exact) mass is 662 g/mol. The summed E-state index contributed by atoms with van der Waals surface area (Å²) in [5.41, 5.74) is -0.695. The topological polar surface area (TPSA) is 298 Å². The molecule has 3 aliphatic rings. The number of nitrogens with zero attached hydrogens (tertiary/aromatic N) is 4. The number of aromatic nitrogens is 1. The van der Waals surface area contributed by atoms with Gasteiger partial charge in [0.25, 0.3) is 23.6 Å². The lowest BCUT2D eigenvalue weighted by atomic mass is 10.0. The molecule has 5 rings (SSSR count). The van der Waals surface area contributed by atoms with E-state index in [1.54, 1.807) is 0 Å². The zero-order valence-corrected chi connectivity index (χ0v) is 24.3.